The molecule has 4 nitrogen and oxygen atoms in total. The van der Waals surface area contributed by atoms with Gasteiger partial charge in [0.25, 0.3) is 0 Å². The lowest BCUT2D eigenvalue weighted by atomic mass is 10.4. The molecule has 1 rings (SSSR count). The van der Waals surface area contributed by atoms with Crippen molar-refractivity contribution in [2.45, 2.75) is 4.90 Å². The molecule has 0 fully saturated rings. The Labute approximate surface area is 102 Å². The molecule has 0 N–H and O–H groups in total. The summed E-state index contributed by atoms with van der Waals surface area (Å²) in [5.41, 5.74) is 0. The molecule has 15 heavy (non-hydrogen) atoms. The average molecular weight is 333 g/mol. The fourth-order valence-electron chi connectivity index (χ4n) is 0.962. The molecule has 0 amide bonds. The third kappa shape index (κ3) is 3.75. The minimum atomic E-state index is -4.15. The number of benzene rings is 1. The Hall–Kier alpha value is -0.110. The lowest BCUT2D eigenvalue weighted by molar-refractivity contribution is 0.611. The SMILES string of the molecule is C[S@@](=O)(=NS(=O)(=O)Cl)c1ccccc1Br. The monoisotopic (exact) mass is 331 g/mol. The molecule has 0 saturated carbocycles. The van der Waals surface area contributed by atoms with Gasteiger partial charge in [-0.25, -0.2) is 4.21 Å². The highest BCUT2D eigenvalue weighted by Crippen LogP contribution is 2.23. The van der Waals surface area contributed by atoms with E-state index >= 15 is 0 Å². The Morgan fingerprint density at radius 2 is 1.80 bits per heavy atom. The molecule has 1 aromatic rings. The first-order valence-electron chi connectivity index (χ1n) is 3.65. The second-order valence-corrected chi connectivity index (χ2v) is 8.21. The molecule has 1 aromatic carbocycles. The van der Waals surface area contributed by atoms with Crippen LogP contribution < -0.4 is 0 Å². The van der Waals surface area contributed by atoms with Crippen LogP contribution in [-0.2, 0) is 19.0 Å². The van der Waals surface area contributed by atoms with E-state index in [1.54, 1.807) is 18.2 Å². The Bertz CT molecular complexity index is 590. The van der Waals surface area contributed by atoms with E-state index in [1.165, 1.54) is 12.3 Å². The summed E-state index contributed by atoms with van der Waals surface area (Å²) in [5.74, 6) is 0. The van der Waals surface area contributed by atoms with Crippen LogP contribution in [0.15, 0.2) is 37.4 Å². The summed E-state index contributed by atoms with van der Waals surface area (Å²) in [6, 6.07) is 6.53. The minimum absolute atomic E-state index is 0.300. The van der Waals surface area contributed by atoms with Crippen molar-refractivity contribution in [1.82, 2.24) is 0 Å². The van der Waals surface area contributed by atoms with Gasteiger partial charge in [0.15, 0.2) is 0 Å². The van der Waals surface area contributed by atoms with Crippen molar-refractivity contribution in [1.29, 1.82) is 0 Å². The normalized spacial score (nSPS) is 15.7. The topological polar surface area (TPSA) is 63.6 Å². The first-order chi connectivity index (χ1) is 6.72. The molecular weight excluding hydrogens is 326 g/mol. The van der Waals surface area contributed by atoms with Crippen molar-refractivity contribution >= 4 is 45.6 Å². The second kappa shape index (κ2) is 4.40. The molecule has 0 aliphatic heterocycles. The summed E-state index contributed by atoms with van der Waals surface area (Å²) in [5, 5.41) is 0. The summed E-state index contributed by atoms with van der Waals surface area (Å²) in [4.78, 5) is 0.300. The van der Waals surface area contributed by atoms with Gasteiger partial charge in [-0.15, -0.1) is 0 Å². The van der Waals surface area contributed by atoms with Gasteiger partial charge in [0.05, 0.1) is 14.6 Å². The quantitative estimate of drug-likeness (QED) is 0.781. The van der Waals surface area contributed by atoms with Crippen LogP contribution in [0.2, 0.25) is 0 Å². The van der Waals surface area contributed by atoms with E-state index in [1.807, 2.05) is 0 Å². The van der Waals surface area contributed by atoms with Crippen LogP contribution in [-0.4, -0.2) is 18.9 Å². The van der Waals surface area contributed by atoms with Crippen LogP contribution >= 0.6 is 26.6 Å². The molecule has 0 heterocycles. The van der Waals surface area contributed by atoms with Gasteiger partial charge >= 0.3 is 9.24 Å². The minimum Gasteiger partial charge on any atom is -0.244 e. The van der Waals surface area contributed by atoms with Crippen LogP contribution in [0.25, 0.3) is 0 Å². The summed E-state index contributed by atoms with van der Waals surface area (Å²) < 4.78 is 37.1. The highest BCUT2D eigenvalue weighted by atomic mass is 79.9. The van der Waals surface area contributed by atoms with Gasteiger partial charge in [0.2, 0.25) is 0 Å². The van der Waals surface area contributed by atoms with Crippen LogP contribution in [0.1, 0.15) is 0 Å². The first kappa shape index (κ1) is 13.0. The van der Waals surface area contributed by atoms with Gasteiger partial charge in [-0.3, -0.25) is 0 Å². The second-order valence-electron chi connectivity index (χ2n) is 2.72. The molecule has 0 aliphatic rings. The maximum absolute atomic E-state index is 12.0. The average Bonchev–Trinajstić information content (AvgIpc) is 1.99. The maximum atomic E-state index is 12.0. The van der Waals surface area contributed by atoms with Crippen molar-refractivity contribution in [3.63, 3.8) is 0 Å². The molecule has 0 aliphatic carbocycles. The number of hydrogen-bond acceptors (Lipinski definition) is 3. The van der Waals surface area contributed by atoms with E-state index in [-0.39, 0.29) is 0 Å². The fourth-order valence-corrected chi connectivity index (χ4v) is 5.56. The maximum Gasteiger partial charge on any atom is 0.347 e. The molecule has 0 bridgehead atoms. The number of halogens is 2. The predicted octanol–water partition coefficient (Wildman–Crippen LogP) is 2.39. The molecular formula is C7H7BrClNO3S2. The van der Waals surface area contributed by atoms with E-state index < -0.39 is 19.0 Å². The van der Waals surface area contributed by atoms with Crippen molar-refractivity contribution in [2.24, 2.45) is 3.77 Å². The van der Waals surface area contributed by atoms with Crippen LogP contribution in [0.4, 0.5) is 0 Å². The summed E-state index contributed by atoms with van der Waals surface area (Å²) in [6.45, 7) is 0. The summed E-state index contributed by atoms with van der Waals surface area (Å²) >= 11 is 3.16. The highest BCUT2D eigenvalue weighted by Gasteiger charge is 2.14. The van der Waals surface area contributed by atoms with E-state index in [9.17, 15) is 12.6 Å². The standard InChI is InChI=1S/C7H7BrClNO3S2/c1-14(11,10-15(9,12)13)7-5-3-2-4-6(7)8/h2-5H,1H3/t14-/m0/s1. The largest absolute Gasteiger partial charge is 0.347 e. The molecule has 0 unspecified atom stereocenters. The first-order valence-corrected chi connectivity index (χ1v) is 8.63. The Kier molecular flexibility index (Phi) is 3.80. The van der Waals surface area contributed by atoms with Gasteiger partial charge in [0, 0.05) is 21.4 Å². The molecule has 0 spiro atoms. The Morgan fingerprint density at radius 1 is 1.27 bits per heavy atom. The zero-order valence-electron chi connectivity index (χ0n) is 7.55. The van der Waals surface area contributed by atoms with Gasteiger partial charge in [-0.05, 0) is 28.1 Å². The molecule has 0 saturated heterocycles. The molecule has 1 atom stereocenters. The van der Waals surface area contributed by atoms with Crippen LogP contribution in [0, 0.1) is 0 Å². The zero-order valence-corrected chi connectivity index (χ0v) is 11.5. The van der Waals surface area contributed by atoms with Crippen molar-refractivity contribution in [3.05, 3.63) is 28.7 Å². The lowest BCUT2D eigenvalue weighted by Gasteiger charge is -2.04. The van der Waals surface area contributed by atoms with Crippen LogP contribution in [0.5, 0.6) is 0 Å². The molecule has 0 aromatic heterocycles. The van der Waals surface area contributed by atoms with Gasteiger partial charge < -0.3 is 0 Å². The third-order valence-electron chi connectivity index (χ3n) is 1.48. The van der Waals surface area contributed by atoms with Crippen molar-refractivity contribution in [3.8, 4) is 0 Å². The third-order valence-corrected chi connectivity index (χ3v) is 5.96. The smallest absolute Gasteiger partial charge is 0.244 e. The Morgan fingerprint density at radius 3 is 2.27 bits per heavy atom. The number of nitrogens with zero attached hydrogens (tertiary/aromatic N) is 1. The van der Waals surface area contributed by atoms with Gasteiger partial charge in [-0.2, -0.15) is 8.42 Å². The van der Waals surface area contributed by atoms with Gasteiger partial charge in [0.1, 0.15) is 0 Å². The van der Waals surface area contributed by atoms with Gasteiger partial charge in [-0.1, -0.05) is 15.9 Å². The van der Waals surface area contributed by atoms with Crippen LogP contribution in [0.3, 0.4) is 0 Å². The number of hydrogen-bond donors (Lipinski definition) is 0. The van der Waals surface area contributed by atoms with E-state index in [2.05, 4.69) is 19.7 Å². The molecule has 8 heteroatoms. The zero-order chi connectivity index (χ0) is 11.7. The van der Waals surface area contributed by atoms with E-state index in [0.717, 1.165) is 0 Å². The highest BCUT2D eigenvalue weighted by molar-refractivity contribution is 9.10. The predicted molar refractivity (Wildman–Crippen MR) is 63.7 cm³/mol. The summed E-state index contributed by atoms with van der Waals surface area (Å²) in [6.07, 6.45) is 1.22. The fraction of sp³-hybridized carbons (Fsp3) is 0.143. The summed E-state index contributed by atoms with van der Waals surface area (Å²) in [7, 11) is -2.26. The van der Waals surface area contributed by atoms with Crippen molar-refractivity contribution in [2.75, 3.05) is 6.26 Å². The van der Waals surface area contributed by atoms with E-state index in [0.29, 0.717) is 9.37 Å². The molecule has 84 valence electrons. The van der Waals surface area contributed by atoms with Crippen molar-refractivity contribution < 1.29 is 12.6 Å². The number of rotatable bonds is 2. The van der Waals surface area contributed by atoms with E-state index in [4.69, 9.17) is 10.7 Å². The Balaban J connectivity index is 3.50. The lowest BCUT2D eigenvalue weighted by Crippen LogP contribution is -2.01. The molecule has 0 radical (unpaired) electrons.